The third-order valence-electron chi connectivity index (χ3n) is 18.5. The third kappa shape index (κ3) is 14.2. The van der Waals surface area contributed by atoms with Crippen molar-refractivity contribution in [3.8, 4) is 0 Å². The Bertz CT molecular complexity index is 2750. The van der Waals surface area contributed by atoms with Crippen LogP contribution < -0.4 is 10.6 Å². The lowest BCUT2D eigenvalue weighted by Crippen LogP contribution is -2.55. The first-order valence-electron chi connectivity index (χ1n) is 28.5. The van der Waals surface area contributed by atoms with Crippen molar-refractivity contribution in [3.63, 3.8) is 0 Å². The molecule has 1 amide bonds. The molecule has 84 heavy (non-hydrogen) atoms. The summed E-state index contributed by atoms with van der Waals surface area (Å²) in [5.74, 6) is -5.90. The van der Waals surface area contributed by atoms with Crippen LogP contribution in [0.1, 0.15) is 126 Å². The number of aliphatic hydroxyl groups is 1. The van der Waals surface area contributed by atoms with Crippen LogP contribution in [0.5, 0.6) is 0 Å². The number of esters is 6. The number of amides is 1. The van der Waals surface area contributed by atoms with Gasteiger partial charge in [-0.05, 0) is 69.2 Å². The number of rotatable bonds is 30. The van der Waals surface area contributed by atoms with Gasteiger partial charge in [0.25, 0.3) is 0 Å². The summed E-state index contributed by atoms with van der Waals surface area (Å²) in [6.07, 6.45) is 0.540. The van der Waals surface area contributed by atoms with Gasteiger partial charge < -0.3 is 58.4 Å². The van der Waals surface area contributed by atoms with Crippen molar-refractivity contribution in [1.29, 1.82) is 0 Å². The molecule has 25 nitrogen and oxygen atoms in total. The van der Waals surface area contributed by atoms with E-state index in [0.29, 0.717) is 46.3 Å². The molecule has 5 aliphatic rings. The van der Waals surface area contributed by atoms with Crippen LogP contribution in [-0.4, -0.2) is 177 Å². The van der Waals surface area contributed by atoms with Crippen molar-refractivity contribution in [1.82, 2.24) is 10.6 Å². The molecule has 9 atom stereocenters. The standard InChI is InChI=1S/C59H88N8O17/c1-35-49-37(15-17-43(69)76-9)54(3,4)40(63-49)32-41-59(75,22-20-46(72)79-12)57(7,33-42(68)61-23-25-82-27-29-84-30-28-83-26-24-62-67-60)52(64-41)36(2)50-38(16-18-44(70)77-10)56(6,34-48(74)81-14)58(8,66-50)53-39(31-47(73)80-13)55(5,51(35)65-53)21-19-45(71)78-11/h32,37-39,53,64,75H,15-31,33-34H2,1-14H3,(H,61,68)/b41-32?,49-35?,52-36-/t37-,38-,39+,53?,55-,56+,57-,58+,59+/m1/s1. The van der Waals surface area contributed by atoms with E-state index in [9.17, 15) is 38.7 Å². The summed E-state index contributed by atoms with van der Waals surface area (Å²) in [7, 11) is 7.67. The van der Waals surface area contributed by atoms with Crippen LogP contribution in [0, 0.1) is 39.4 Å². The maximum absolute atomic E-state index is 14.7. The minimum atomic E-state index is -2.07. The van der Waals surface area contributed by atoms with Gasteiger partial charge in [0, 0.05) is 118 Å². The second-order valence-corrected chi connectivity index (χ2v) is 23.5. The van der Waals surface area contributed by atoms with Crippen LogP contribution in [0.15, 0.2) is 54.4 Å². The van der Waals surface area contributed by atoms with Gasteiger partial charge in [0.1, 0.15) is 5.60 Å². The summed E-state index contributed by atoms with van der Waals surface area (Å²) in [6, 6.07) is -0.976. The number of allylic oxidation sites excluding steroid dienone is 4. The molecule has 0 saturated carbocycles. The van der Waals surface area contributed by atoms with E-state index < -0.39 is 98.3 Å². The van der Waals surface area contributed by atoms with Gasteiger partial charge in [0.05, 0.1) is 112 Å². The van der Waals surface area contributed by atoms with Gasteiger partial charge in [-0.2, -0.15) is 0 Å². The molecular formula is C59H88N8O17. The fourth-order valence-electron chi connectivity index (χ4n) is 13.3. The molecule has 5 rings (SSSR count). The van der Waals surface area contributed by atoms with Crippen molar-refractivity contribution in [2.45, 2.75) is 143 Å². The highest BCUT2D eigenvalue weighted by Crippen LogP contribution is 2.63. The number of nitrogens with one attached hydrogen (secondary N) is 2. The highest BCUT2D eigenvalue weighted by atomic mass is 16.6. The first-order chi connectivity index (χ1) is 39.7. The predicted octanol–water partition coefficient (Wildman–Crippen LogP) is 5.96. The van der Waals surface area contributed by atoms with E-state index in [4.69, 9.17) is 63.1 Å². The lowest BCUT2D eigenvalue weighted by molar-refractivity contribution is -0.147. The molecule has 1 fully saturated rings. The molecule has 1 unspecified atom stereocenters. The zero-order chi connectivity index (χ0) is 62.4. The molecule has 5 heterocycles. The Morgan fingerprint density at radius 2 is 1.23 bits per heavy atom. The first-order valence-corrected chi connectivity index (χ1v) is 28.5. The molecule has 0 aromatic rings. The number of methoxy groups -OCH3 is 6. The number of carbonyl (C=O) groups is 7. The van der Waals surface area contributed by atoms with E-state index in [-0.39, 0.29) is 122 Å². The average molecular weight is 1180 g/mol. The van der Waals surface area contributed by atoms with Gasteiger partial charge in [-0.25, -0.2) is 0 Å². The Morgan fingerprint density at radius 1 is 0.690 bits per heavy atom. The van der Waals surface area contributed by atoms with Crippen molar-refractivity contribution in [3.05, 3.63) is 44.8 Å². The number of carbonyl (C=O) groups excluding carboxylic acids is 7. The van der Waals surface area contributed by atoms with Crippen molar-refractivity contribution in [2.75, 3.05) is 95.4 Å². The number of ether oxygens (including phenoxy) is 9. The second kappa shape index (κ2) is 29.0. The maximum Gasteiger partial charge on any atom is 0.306 e. The Balaban J connectivity index is 1.85. The lowest BCUT2D eigenvalue weighted by Gasteiger charge is -2.48. The number of aliphatic imine (C=N–C) groups is 3. The van der Waals surface area contributed by atoms with Crippen LogP contribution in [-0.2, 0) is 76.2 Å². The summed E-state index contributed by atoms with van der Waals surface area (Å²) >= 11 is 0. The largest absolute Gasteiger partial charge is 0.469 e. The molecule has 0 aliphatic carbocycles. The van der Waals surface area contributed by atoms with Crippen LogP contribution in [0.25, 0.3) is 10.4 Å². The van der Waals surface area contributed by atoms with Gasteiger partial charge in [-0.1, -0.05) is 39.7 Å². The van der Waals surface area contributed by atoms with Crippen molar-refractivity contribution in [2.24, 2.45) is 59.5 Å². The lowest BCUT2D eigenvalue weighted by atomic mass is 9.55. The molecule has 1 saturated heterocycles. The zero-order valence-corrected chi connectivity index (χ0v) is 51.5. The van der Waals surface area contributed by atoms with Gasteiger partial charge >= 0.3 is 35.8 Å². The minimum Gasteiger partial charge on any atom is -0.469 e. The highest BCUT2D eigenvalue weighted by Gasteiger charge is 2.67. The zero-order valence-electron chi connectivity index (χ0n) is 51.5. The first kappa shape index (κ1) is 68.3. The van der Waals surface area contributed by atoms with Crippen molar-refractivity contribution >= 4 is 58.9 Å². The van der Waals surface area contributed by atoms with Crippen LogP contribution in [0.3, 0.4) is 0 Å². The predicted molar refractivity (Wildman–Crippen MR) is 307 cm³/mol. The summed E-state index contributed by atoms with van der Waals surface area (Å²) in [5, 5.41) is 23.8. The normalized spacial score (nSPS) is 29.1. The maximum atomic E-state index is 14.7. The Morgan fingerprint density at radius 3 is 1.80 bits per heavy atom. The van der Waals surface area contributed by atoms with Gasteiger partial charge in [0.15, 0.2) is 0 Å². The fourth-order valence-corrected chi connectivity index (χ4v) is 13.3. The molecule has 3 N–H and O–H groups in total. The summed E-state index contributed by atoms with van der Waals surface area (Å²) in [5.41, 5.74) is 3.34. The van der Waals surface area contributed by atoms with Crippen molar-refractivity contribution < 1.29 is 81.3 Å². The second-order valence-electron chi connectivity index (χ2n) is 23.5. The topological polar surface area (TPSA) is 333 Å². The number of azide groups is 1. The van der Waals surface area contributed by atoms with Crippen LogP contribution in [0.4, 0.5) is 0 Å². The summed E-state index contributed by atoms with van der Waals surface area (Å²) in [4.78, 5) is 115. The molecule has 8 bridgehead atoms. The van der Waals surface area contributed by atoms with E-state index in [1.807, 2.05) is 41.5 Å². The number of fused-ring (bicyclic) bond motifs is 6. The molecule has 5 aliphatic heterocycles. The van der Waals surface area contributed by atoms with E-state index >= 15 is 0 Å². The smallest absolute Gasteiger partial charge is 0.306 e. The minimum absolute atomic E-state index is 0.00803. The highest BCUT2D eigenvalue weighted by molar-refractivity contribution is 6.10. The van der Waals surface area contributed by atoms with Gasteiger partial charge in [-0.15, -0.1) is 0 Å². The molecule has 0 aromatic carbocycles. The summed E-state index contributed by atoms with van der Waals surface area (Å²) in [6.45, 7) is 16.7. The summed E-state index contributed by atoms with van der Waals surface area (Å²) < 4.78 is 48.2. The molecule has 0 radical (unpaired) electrons. The molecule has 0 aromatic heterocycles. The molecular weight excluding hydrogens is 1090 g/mol. The fraction of sp³-hybridized carbons (Fsp3) is 0.729. The quantitative estimate of drug-likeness (QED) is 0.0187. The van der Waals surface area contributed by atoms with E-state index in [0.717, 1.165) is 0 Å². The van der Waals surface area contributed by atoms with E-state index in [1.165, 1.54) is 42.7 Å². The molecule has 466 valence electrons. The third-order valence-corrected chi connectivity index (χ3v) is 18.5. The van der Waals surface area contributed by atoms with Crippen LogP contribution >= 0.6 is 0 Å². The SMILES string of the molecule is COC(=O)CC[C@@H]1C2=C(C)C3=NC([C@H](CC(=O)OC)[C@@]3(C)CCC(=O)OC)[C@]3(C)N=C(/C(C)=C4\NC(=CC(=N2)C1(C)C)[C@@](O)(CCC(=O)OC)[C@]4(C)CC(=O)NCCOCCOCCOCCN=[N+]=[N-])[C@@H](CCC(=O)OC)[C@]3(C)CC(=O)OC. The van der Waals surface area contributed by atoms with Gasteiger partial charge in [0.2, 0.25) is 5.91 Å². The van der Waals surface area contributed by atoms with Gasteiger partial charge in [-0.3, -0.25) is 48.5 Å². The monoisotopic (exact) mass is 1180 g/mol. The average Bonchev–Trinajstić information content (AvgIpc) is 1.69. The number of nitrogens with zero attached hydrogens (tertiary/aromatic N) is 6. The molecule has 0 spiro atoms. The molecule has 25 heteroatoms. The Hall–Kier alpha value is -6.53. The van der Waals surface area contributed by atoms with E-state index in [2.05, 4.69) is 20.7 Å². The number of hydrogen-bond donors (Lipinski definition) is 3. The number of hydrogen-bond acceptors (Lipinski definition) is 22. The Labute approximate surface area is 492 Å². The Kier molecular flexibility index (Phi) is 23.6. The van der Waals surface area contributed by atoms with E-state index in [1.54, 1.807) is 19.9 Å². The van der Waals surface area contributed by atoms with Crippen LogP contribution in [0.2, 0.25) is 0 Å².